The summed E-state index contributed by atoms with van der Waals surface area (Å²) in [6, 6.07) is 12.3. The first-order valence-corrected chi connectivity index (χ1v) is 8.10. The van der Waals surface area contributed by atoms with Crippen LogP contribution >= 0.6 is 0 Å². The molecule has 3 aromatic heterocycles. The van der Waals surface area contributed by atoms with Gasteiger partial charge >= 0.3 is 0 Å². The fraction of sp³-hybridized carbons (Fsp3) is 0.158. The van der Waals surface area contributed by atoms with Crippen LogP contribution in [0.25, 0.3) is 22.4 Å². The fourth-order valence-electron chi connectivity index (χ4n) is 2.67. The monoisotopic (exact) mass is 330 g/mol. The largest absolute Gasteiger partial charge is 0.365 e. The molecule has 0 atom stereocenters. The van der Waals surface area contributed by atoms with Crippen LogP contribution in [-0.2, 0) is 13.6 Å². The molecule has 124 valence electrons. The number of fused-ring (bicyclic) bond motifs is 1. The second kappa shape index (κ2) is 6.32. The summed E-state index contributed by atoms with van der Waals surface area (Å²) in [4.78, 5) is 13.5. The second-order valence-electron chi connectivity index (χ2n) is 5.98. The first-order chi connectivity index (χ1) is 12.2. The van der Waals surface area contributed by atoms with Crippen LogP contribution in [0, 0.1) is 6.92 Å². The van der Waals surface area contributed by atoms with Gasteiger partial charge in [0.15, 0.2) is 11.5 Å². The molecular formula is C19H18N6. The standard InChI is InChI=1S/C19H18N6/c1-13-5-7-14(8-6-13)10-21-18-16-12-22-25(2)19(16)24-17(23-18)15-4-3-9-20-11-15/h3-9,11-12H,10H2,1-2H3,(H,21,23,24). The maximum absolute atomic E-state index is 4.70. The predicted octanol–water partition coefficient (Wildman–Crippen LogP) is 3.35. The summed E-state index contributed by atoms with van der Waals surface area (Å²) < 4.78 is 1.76. The van der Waals surface area contributed by atoms with E-state index in [0.717, 1.165) is 22.4 Å². The van der Waals surface area contributed by atoms with E-state index in [1.165, 1.54) is 11.1 Å². The lowest BCUT2D eigenvalue weighted by Gasteiger charge is -2.09. The van der Waals surface area contributed by atoms with Crippen LogP contribution in [0.15, 0.2) is 55.0 Å². The number of nitrogens with zero attached hydrogens (tertiary/aromatic N) is 5. The lowest BCUT2D eigenvalue weighted by atomic mass is 10.1. The van der Waals surface area contributed by atoms with Gasteiger partial charge in [-0.15, -0.1) is 0 Å². The normalized spacial score (nSPS) is 11.0. The van der Waals surface area contributed by atoms with Crippen molar-refractivity contribution < 1.29 is 0 Å². The zero-order valence-electron chi connectivity index (χ0n) is 14.1. The highest BCUT2D eigenvalue weighted by atomic mass is 15.3. The number of benzene rings is 1. The molecule has 6 heteroatoms. The van der Waals surface area contributed by atoms with E-state index in [1.54, 1.807) is 23.3 Å². The van der Waals surface area contributed by atoms with E-state index >= 15 is 0 Å². The Morgan fingerprint density at radius 3 is 2.64 bits per heavy atom. The van der Waals surface area contributed by atoms with Gasteiger partial charge < -0.3 is 5.32 Å². The average molecular weight is 330 g/mol. The molecule has 0 aliphatic heterocycles. The topological polar surface area (TPSA) is 68.5 Å². The summed E-state index contributed by atoms with van der Waals surface area (Å²) in [6.45, 7) is 2.77. The molecule has 0 unspecified atom stereocenters. The first kappa shape index (κ1) is 15.3. The van der Waals surface area contributed by atoms with Gasteiger partial charge in [0.1, 0.15) is 5.82 Å². The second-order valence-corrected chi connectivity index (χ2v) is 5.98. The maximum atomic E-state index is 4.70. The smallest absolute Gasteiger partial charge is 0.165 e. The Kier molecular flexibility index (Phi) is 3.85. The Morgan fingerprint density at radius 2 is 1.88 bits per heavy atom. The van der Waals surface area contributed by atoms with Gasteiger partial charge in [0, 0.05) is 31.5 Å². The number of rotatable bonds is 4. The molecule has 0 saturated carbocycles. The predicted molar refractivity (Wildman–Crippen MR) is 98.0 cm³/mol. The Morgan fingerprint density at radius 1 is 1.04 bits per heavy atom. The zero-order valence-corrected chi connectivity index (χ0v) is 14.1. The number of pyridine rings is 1. The number of hydrogen-bond acceptors (Lipinski definition) is 5. The number of aromatic nitrogens is 5. The van der Waals surface area contributed by atoms with Crippen LogP contribution in [0.2, 0.25) is 0 Å². The maximum Gasteiger partial charge on any atom is 0.165 e. The summed E-state index contributed by atoms with van der Waals surface area (Å²) in [7, 11) is 1.88. The zero-order chi connectivity index (χ0) is 17.2. The summed E-state index contributed by atoms with van der Waals surface area (Å²) >= 11 is 0. The van der Waals surface area contributed by atoms with E-state index in [-0.39, 0.29) is 0 Å². The van der Waals surface area contributed by atoms with Crippen LogP contribution in [-0.4, -0.2) is 24.7 Å². The van der Waals surface area contributed by atoms with Gasteiger partial charge in [-0.05, 0) is 24.6 Å². The van der Waals surface area contributed by atoms with Crippen molar-refractivity contribution in [1.82, 2.24) is 24.7 Å². The van der Waals surface area contributed by atoms with Crippen LogP contribution in [0.5, 0.6) is 0 Å². The van der Waals surface area contributed by atoms with E-state index < -0.39 is 0 Å². The molecule has 3 heterocycles. The van der Waals surface area contributed by atoms with Gasteiger partial charge in [0.05, 0.1) is 11.6 Å². The highest BCUT2D eigenvalue weighted by molar-refractivity contribution is 5.88. The van der Waals surface area contributed by atoms with Crippen molar-refractivity contribution in [2.45, 2.75) is 13.5 Å². The molecule has 25 heavy (non-hydrogen) atoms. The van der Waals surface area contributed by atoms with Gasteiger partial charge in [-0.1, -0.05) is 29.8 Å². The summed E-state index contributed by atoms with van der Waals surface area (Å²) in [5, 5.41) is 8.64. The van der Waals surface area contributed by atoms with Crippen LogP contribution < -0.4 is 5.32 Å². The minimum atomic E-state index is 0.635. The first-order valence-electron chi connectivity index (χ1n) is 8.10. The van der Waals surface area contributed by atoms with Gasteiger partial charge in [-0.25, -0.2) is 9.97 Å². The summed E-state index contributed by atoms with van der Waals surface area (Å²) in [5.41, 5.74) is 4.12. The van der Waals surface area contributed by atoms with Crippen LogP contribution in [0.1, 0.15) is 11.1 Å². The highest BCUT2D eigenvalue weighted by Crippen LogP contribution is 2.24. The van der Waals surface area contributed by atoms with Gasteiger partial charge in [0.25, 0.3) is 0 Å². The Hall–Kier alpha value is -3.28. The van der Waals surface area contributed by atoms with Crippen LogP contribution in [0.3, 0.4) is 0 Å². The molecule has 1 N–H and O–H groups in total. The molecule has 0 spiro atoms. The average Bonchev–Trinajstić information content (AvgIpc) is 3.03. The molecular weight excluding hydrogens is 312 g/mol. The van der Waals surface area contributed by atoms with Crippen molar-refractivity contribution >= 4 is 16.9 Å². The molecule has 0 aliphatic carbocycles. The van der Waals surface area contributed by atoms with Crippen molar-refractivity contribution in [1.29, 1.82) is 0 Å². The van der Waals surface area contributed by atoms with E-state index in [0.29, 0.717) is 12.4 Å². The van der Waals surface area contributed by atoms with Gasteiger partial charge in [0.2, 0.25) is 0 Å². The van der Waals surface area contributed by atoms with Crippen LogP contribution in [0.4, 0.5) is 5.82 Å². The lowest BCUT2D eigenvalue weighted by Crippen LogP contribution is -2.05. The summed E-state index contributed by atoms with van der Waals surface area (Å²) in [6.07, 6.45) is 5.30. The molecule has 0 aliphatic rings. The van der Waals surface area contributed by atoms with E-state index in [4.69, 9.17) is 4.98 Å². The van der Waals surface area contributed by atoms with Crippen molar-refractivity contribution in [2.24, 2.45) is 7.05 Å². The van der Waals surface area contributed by atoms with Gasteiger partial charge in [-0.3, -0.25) is 9.67 Å². The van der Waals surface area contributed by atoms with E-state index in [1.807, 2.05) is 19.2 Å². The minimum absolute atomic E-state index is 0.635. The Balaban J connectivity index is 1.72. The fourth-order valence-corrected chi connectivity index (χ4v) is 2.67. The highest BCUT2D eigenvalue weighted by Gasteiger charge is 2.12. The molecule has 0 fully saturated rings. The van der Waals surface area contributed by atoms with E-state index in [2.05, 4.69) is 51.6 Å². The molecule has 0 radical (unpaired) electrons. The third-order valence-electron chi connectivity index (χ3n) is 4.09. The number of nitrogens with one attached hydrogen (secondary N) is 1. The van der Waals surface area contributed by atoms with E-state index in [9.17, 15) is 0 Å². The Labute approximate surface area is 145 Å². The Bertz CT molecular complexity index is 1010. The minimum Gasteiger partial charge on any atom is -0.365 e. The molecule has 0 bridgehead atoms. The molecule has 6 nitrogen and oxygen atoms in total. The third kappa shape index (κ3) is 3.06. The molecule has 0 amide bonds. The quantitative estimate of drug-likeness (QED) is 0.621. The van der Waals surface area contributed by atoms with Crippen molar-refractivity contribution in [3.8, 4) is 11.4 Å². The number of hydrogen-bond donors (Lipinski definition) is 1. The molecule has 4 rings (SSSR count). The third-order valence-corrected chi connectivity index (χ3v) is 4.09. The summed E-state index contributed by atoms with van der Waals surface area (Å²) in [5.74, 6) is 1.41. The molecule has 4 aromatic rings. The van der Waals surface area contributed by atoms with Gasteiger partial charge in [-0.2, -0.15) is 5.10 Å². The SMILES string of the molecule is Cc1ccc(CNc2nc(-c3cccnc3)nc3c2cnn3C)cc1. The molecule has 1 aromatic carbocycles. The van der Waals surface area contributed by atoms with Crippen molar-refractivity contribution in [3.05, 3.63) is 66.1 Å². The van der Waals surface area contributed by atoms with Crippen molar-refractivity contribution in [3.63, 3.8) is 0 Å². The molecule has 0 saturated heterocycles. The lowest BCUT2D eigenvalue weighted by molar-refractivity contribution is 0.786. The number of anilines is 1. The van der Waals surface area contributed by atoms with Crippen molar-refractivity contribution in [2.75, 3.05) is 5.32 Å². The number of aryl methyl sites for hydroxylation is 2.